The number of hydrogen-bond donors (Lipinski definition) is 0. The van der Waals surface area contributed by atoms with Gasteiger partial charge in [-0.1, -0.05) is 35.9 Å². The van der Waals surface area contributed by atoms with Gasteiger partial charge in [0.15, 0.2) is 0 Å². The Morgan fingerprint density at radius 1 is 0.793 bits per heavy atom. The van der Waals surface area contributed by atoms with Crippen molar-refractivity contribution < 1.29 is 9.47 Å². The lowest BCUT2D eigenvalue weighted by molar-refractivity contribution is 0.415. The van der Waals surface area contributed by atoms with Crippen LogP contribution in [0, 0.1) is 6.92 Å². The lowest BCUT2D eigenvalue weighted by atomic mass is 10.0. The van der Waals surface area contributed by atoms with Gasteiger partial charge in [-0.3, -0.25) is 0 Å². The number of aromatic nitrogens is 2. The standard InChI is InChI=1S/C24H21ClN2O2/c1-16-23(17-6-4-8-21(14-17)28-2)26-27(20-12-10-19(25)11-13-20)24(16)18-7-5-9-22(15-18)29-3/h4-15H,1-3H3. The highest BCUT2D eigenvalue weighted by Crippen LogP contribution is 2.36. The van der Waals surface area contributed by atoms with Crippen LogP contribution in [0.4, 0.5) is 0 Å². The van der Waals surface area contributed by atoms with Crippen molar-refractivity contribution in [1.29, 1.82) is 0 Å². The molecule has 1 heterocycles. The predicted octanol–water partition coefficient (Wildman–Crippen LogP) is 6.19. The summed E-state index contributed by atoms with van der Waals surface area (Å²) in [5, 5.41) is 5.65. The molecule has 29 heavy (non-hydrogen) atoms. The molecular formula is C24H21ClN2O2. The normalized spacial score (nSPS) is 10.8. The van der Waals surface area contributed by atoms with Crippen LogP contribution in [0.25, 0.3) is 28.2 Å². The summed E-state index contributed by atoms with van der Waals surface area (Å²) < 4.78 is 12.8. The van der Waals surface area contributed by atoms with Crippen molar-refractivity contribution >= 4 is 11.6 Å². The first kappa shape index (κ1) is 19.1. The molecule has 0 bridgehead atoms. The molecule has 146 valence electrons. The Morgan fingerprint density at radius 2 is 1.38 bits per heavy atom. The fraction of sp³-hybridized carbons (Fsp3) is 0.125. The molecule has 0 aliphatic heterocycles. The molecule has 0 unspecified atom stereocenters. The summed E-state index contributed by atoms with van der Waals surface area (Å²) in [6.07, 6.45) is 0. The van der Waals surface area contributed by atoms with Crippen LogP contribution in [0.2, 0.25) is 5.02 Å². The lowest BCUT2D eigenvalue weighted by Crippen LogP contribution is -1.99. The van der Waals surface area contributed by atoms with Gasteiger partial charge >= 0.3 is 0 Å². The van der Waals surface area contributed by atoms with Crippen molar-refractivity contribution in [3.63, 3.8) is 0 Å². The minimum atomic E-state index is 0.688. The van der Waals surface area contributed by atoms with Gasteiger partial charge in [0.25, 0.3) is 0 Å². The van der Waals surface area contributed by atoms with Gasteiger partial charge in [0, 0.05) is 21.7 Å². The van der Waals surface area contributed by atoms with Crippen molar-refractivity contribution in [3.8, 4) is 39.7 Å². The van der Waals surface area contributed by atoms with Gasteiger partial charge in [0.2, 0.25) is 0 Å². The van der Waals surface area contributed by atoms with E-state index in [9.17, 15) is 0 Å². The van der Waals surface area contributed by atoms with Crippen molar-refractivity contribution in [2.24, 2.45) is 0 Å². The number of methoxy groups -OCH3 is 2. The van der Waals surface area contributed by atoms with Gasteiger partial charge in [-0.15, -0.1) is 0 Å². The number of halogens is 1. The molecule has 0 fully saturated rings. The molecular weight excluding hydrogens is 384 g/mol. The van der Waals surface area contributed by atoms with Crippen LogP contribution < -0.4 is 9.47 Å². The average molecular weight is 405 g/mol. The fourth-order valence-electron chi connectivity index (χ4n) is 3.42. The Balaban J connectivity index is 1.96. The molecule has 0 saturated carbocycles. The lowest BCUT2D eigenvalue weighted by Gasteiger charge is -2.10. The van der Waals surface area contributed by atoms with Crippen LogP contribution in [0.15, 0.2) is 72.8 Å². The maximum absolute atomic E-state index is 6.10. The van der Waals surface area contributed by atoms with E-state index in [1.165, 1.54) is 0 Å². The Labute approximate surface area is 175 Å². The van der Waals surface area contributed by atoms with Gasteiger partial charge in [-0.2, -0.15) is 5.10 Å². The summed E-state index contributed by atoms with van der Waals surface area (Å²) >= 11 is 6.10. The minimum Gasteiger partial charge on any atom is -0.497 e. The maximum Gasteiger partial charge on any atom is 0.119 e. The molecule has 0 saturated heterocycles. The van der Waals surface area contributed by atoms with Crippen LogP contribution in [-0.4, -0.2) is 24.0 Å². The third kappa shape index (κ3) is 3.71. The summed E-state index contributed by atoms with van der Waals surface area (Å²) in [7, 11) is 3.34. The SMILES string of the molecule is COc1cccc(-c2nn(-c3ccc(Cl)cc3)c(-c3cccc(OC)c3)c2C)c1. The van der Waals surface area contributed by atoms with E-state index in [4.69, 9.17) is 26.2 Å². The predicted molar refractivity (Wildman–Crippen MR) is 117 cm³/mol. The highest BCUT2D eigenvalue weighted by molar-refractivity contribution is 6.30. The van der Waals surface area contributed by atoms with Gasteiger partial charge in [-0.05, 0) is 55.5 Å². The van der Waals surface area contributed by atoms with E-state index in [1.54, 1.807) is 14.2 Å². The Kier molecular flexibility index (Phi) is 5.28. The van der Waals surface area contributed by atoms with Crippen LogP contribution in [-0.2, 0) is 0 Å². The quantitative estimate of drug-likeness (QED) is 0.398. The number of benzene rings is 3. The van der Waals surface area contributed by atoms with Gasteiger partial charge in [0.1, 0.15) is 11.5 Å². The molecule has 0 spiro atoms. The summed E-state index contributed by atoms with van der Waals surface area (Å²) in [6, 6.07) is 23.6. The van der Waals surface area contributed by atoms with Crippen molar-refractivity contribution in [1.82, 2.24) is 9.78 Å². The van der Waals surface area contributed by atoms with E-state index in [2.05, 4.69) is 13.0 Å². The molecule has 4 nitrogen and oxygen atoms in total. The second kappa shape index (κ2) is 8.02. The average Bonchev–Trinajstić information content (AvgIpc) is 3.11. The summed E-state index contributed by atoms with van der Waals surface area (Å²) in [4.78, 5) is 0. The number of rotatable bonds is 5. The minimum absolute atomic E-state index is 0.688. The van der Waals surface area contributed by atoms with E-state index in [-0.39, 0.29) is 0 Å². The Morgan fingerprint density at radius 3 is 2.00 bits per heavy atom. The van der Waals surface area contributed by atoms with E-state index in [1.807, 2.05) is 71.4 Å². The van der Waals surface area contributed by atoms with Crippen molar-refractivity contribution in [3.05, 3.63) is 83.4 Å². The van der Waals surface area contributed by atoms with E-state index < -0.39 is 0 Å². The zero-order chi connectivity index (χ0) is 20.4. The highest BCUT2D eigenvalue weighted by Gasteiger charge is 2.19. The molecule has 0 radical (unpaired) electrons. The van der Waals surface area contributed by atoms with Gasteiger partial charge in [0.05, 0.1) is 31.3 Å². The Hall–Kier alpha value is -3.24. The number of nitrogens with zero attached hydrogens (tertiary/aromatic N) is 2. The molecule has 0 aliphatic rings. The molecule has 3 aromatic carbocycles. The third-order valence-corrected chi connectivity index (χ3v) is 5.13. The van der Waals surface area contributed by atoms with Crippen molar-refractivity contribution in [2.75, 3.05) is 14.2 Å². The topological polar surface area (TPSA) is 36.3 Å². The molecule has 0 N–H and O–H groups in total. The molecule has 0 atom stereocenters. The van der Waals surface area contributed by atoms with E-state index in [0.29, 0.717) is 5.02 Å². The molecule has 1 aromatic heterocycles. The first-order valence-electron chi connectivity index (χ1n) is 9.25. The largest absolute Gasteiger partial charge is 0.497 e. The second-order valence-electron chi connectivity index (χ2n) is 6.67. The van der Waals surface area contributed by atoms with E-state index in [0.717, 1.165) is 45.3 Å². The zero-order valence-electron chi connectivity index (χ0n) is 16.5. The Bertz CT molecular complexity index is 1150. The van der Waals surface area contributed by atoms with Crippen LogP contribution >= 0.6 is 11.6 Å². The van der Waals surface area contributed by atoms with Gasteiger partial charge in [-0.25, -0.2) is 4.68 Å². The summed E-state index contributed by atoms with van der Waals surface area (Å²) in [6.45, 7) is 2.09. The molecule has 4 rings (SSSR count). The van der Waals surface area contributed by atoms with Crippen LogP contribution in [0.5, 0.6) is 11.5 Å². The molecule has 4 aromatic rings. The number of hydrogen-bond acceptors (Lipinski definition) is 3. The second-order valence-corrected chi connectivity index (χ2v) is 7.11. The smallest absolute Gasteiger partial charge is 0.119 e. The summed E-state index contributed by atoms with van der Waals surface area (Å²) in [5.74, 6) is 1.60. The molecule has 0 amide bonds. The first-order valence-corrected chi connectivity index (χ1v) is 9.63. The van der Waals surface area contributed by atoms with Crippen LogP contribution in [0.1, 0.15) is 5.56 Å². The molecule has 0 aliphatic carbocycles. The van der Waals surface area contributed by atoms with Gasteiger partial charge < -0.3 is 9.47 Å². The first-order chi connectivity index (χ1) is 14.1. The zero-order valence-corrected chi connectivity index (χ0v) is 17.3. The third-order valence-electron chi connectivity index (χ3n) is 4.88. The fourth-order valence-corrected chi connectivity index (χ4v) is 3.54. The summed E-state index contributed by atoms with van der Waals surface area (Å²) in [5.41, 5.74) is 5.93. The number of ether oxygens (including phenoxy) is 2. The van der Waals surface area contributed by atoms with Crippen LogP contribution in [0.3, 0.4) is 0 Å². The van der Waals surface area contributed by atoms with E-state index >= 15 is 0 Å². The maximum atomic E-state index is 6.10. The van der Waals surface area contributed by atoms with Crippen molar-refractivity contribution in [2.45, 2.75) is 6.92 Å². The monoisotopic (exact) mass is 404 g/mol. The molecule has 5 heteroatoms. The highest BCUT2D eigenvalue weighted by atomic mass is 35.5.